The van der Waals surface area contributed by atoms with Crippen molar-refractivity contribution in [1.29, 1.82) is 0 Å². The number of hydrogen-bond donors (Lipinski definition) is 1. The fourth-order valence-electron chi connectivity index (χ4n) is 1.15. The average Bonchev–Trinajstić information content (AvgIpc) is 2.07. The zero-order valence-electron chi connectivity index (χ0n) is 8.13. The van der Waals surface area contributed by atoms with Crippen molar-refractivity contribution in [1.82, 2.24) is 9.71 Å². The third-order valence-electron chi connectivity index (χ3n) is 1.62. The normalized spacial score (nSPS) is 12.0. The molecule has 0 saturated heterocycles. The summed E-state index contributed by atoms with van der Waals surface area (Å²) in [6.07, 6.45) is 2.56. The summed E-state index contributed by atoms with van der Waals surface area (Å²) in [5, 5.41) is 9.19. The average molecular weight is 168 g/mol. The van der Waals surface area contributed by atoms with Crippen LogP contribution in [-0.2, 0) is 6.42 Å². The molecule has 68 valence electrons. The summed E-state index contributed by atoms with van der Waals surface area (Å²) in [7, 11) is 0. The van der Waals surface area contributed by atoms with Gasteiger partial charge in [0.2, 0.25) is 0 Å². The summed E-state index contributed by atoms with van der Waals surface area (Å²) in [6.45, 7) is 8.24. The monoisotopic (exact) mass is 168 g/mol. The molecule has 0 radical (unpaired) electrons. The van der Waals surface area contributed by atoms with Gasteiger partial charge in [-0.3, -0.25) is 0 Å². The van der Waals surface area contributed by atoms with Crippen molar-refractivity contribution < 1.29 is 5.21 Å². The van der Waals surface area contributed by atoms with Gasteiger partial charge in [-0.2, -0.15) is 4.73 Å². The first-order chi connectivity index (χ1) is 5.38. The van der Waals surface area contributed by atoms with Crippen LogP contribution in [0.15, 0.2) is 6.20 Å². The number of aromatic nitrogens is 2. The standard InChI is InChI=1S/C9H16N2O/c1-7-10-8(6-11(7)12)5-9(2,3)4/h6,12H,5H2,1-4H3. The summed E-state index contributed by atoms with van der Waals surface area (Å²) >= 11 is 0. The van der Waals surface area contributed by atoms with Gasteiger partial charge in [-0.1, -0.05) is 20.8 Å². The van der Waals surface area contributed by atoms with E-state index in [1.165, 1.54) is 0 Å². The topological polar surface area (TPSA) is 38.0 Å². The predicted molar refractivity (Wildman–Crippen MR) is 47.3 cm³/mol. The fraction of sp³-hybridized carbons (Fsp3) is 0.667. The van der Waals surface area contributed by atoms with Crippen LogP contribution in [0.4, 0.5) is 0 Å². The van der Waals surface area contributed by atoms with Crippen molar-refractivity contribution in [3.05, 3.63) is 17.7 Å². The molecule has 0 saturated carbocycles. The van der Waals surface area contributed by atoms with Gasteiger partial charge >= 0.3 is 0 Å². The molecule has 0 aliphatic heterocycles. The van der Waals surface area contributed by atoms with Crippen molar-refractivity contribution in [2.24, 2.45) is 5.41 Å². The number of nitrogens with zero attached hydrogens (tertiary/aromatic N) is 2. The van der Waals surface area contributed by atoms with Gasteiger partial charge < -0.3 is 5.21 Å². The molecule has 0 unspecified atom stereocenters. The van der Waals surface area contributed by atoms with Crippen LogP contribution in [-0.4, -0.2) is 14.9 Å². The van der Waals surface area contributed by atoms with Gasteiger partial charge in [0.25, 0.3) is 0 Å². The van der Waals surface area contributed by atoms with Crippen LogP contribution >= 0.6 is 0 Å². The third-order valence-corrected chi connectivity index (χ3v) is 1.62. The van der Waals surface area contributed by atoms with E-state index in [9.17, 15) is 5.21 Å². The summed E-state index contributed by atoms with van der Waals surface area (Å²) in [4.78, 5) is 4.21. The smallest absolute Gasteiger partial charge is 0.141 e. The molecule has 0 aliphatic rings. The Morgan fingerprint density at radius 2 is 2.08 bits per heavy atom. The van der Waals surface area contributed by atoms with Gasteiger partial charge in [0.1, 0.15) is 5.82 Å². The lowest BCUT2D eigenvalue weighted by molar-refractivity contribution is 0.178. The largest absolute Gasteiger partial charge is 0.427 e. The van der Waals surface area contributed by atoms with E-state index in [4.69, 9.17) is 0 Å². The lowest BCUT2D eigenvalue weighted by atomic mass is 9.91. The minimum Gasteiger partial charge on any atom is -0.427 e. The number of hydrogen-bond acceptors (Lipinski definition) is 2. The highest BCUT2D eigenvalue weighted by Crippen LogP contribution is 2.19. The molecule has 1 rings (SSSR count). The molecule has 0 aliphatic carbocycles. The van der Waals surface area contributed by atoms with E-state index >= 15 is 0 Å². The molecule has 0 atom stereocenters. The van der Waals surface area contributed by atoms with Gasteiger partial charge in [-0.15, -0.1) is 0 Å². The number of rotatable bonds is 1. The first kappa shape index (κ1) is 9.10. The molecule has 1 aromatic heterocycles. The molecule has 0 spiro atoms. The molecular weight excluding hydrogens is 152 g/mol. The second-order valence-corrected chi connectivity index (χ2v) is 4.36. The van der Waals surface area contributed by atoms with E-state index in [-0.39, 0.29) is 5.41 Å². The number of aryl methyl sites for hydroxylation is 1. The Morgan fingerprint density at radius 1 is 1.50 bits per heavy atom. The highest BCUT2D eigenvalue weighted by atomic mass is 16.5. The molecule has 1 heterocycles. The van der Waals surface area contributed by atoms with E-state index in [0.29, 0.717) is 5.82 Å². The van der Waals surface area contributed by atoms with Crippen LogP contribution in [0, 0.1) is 12.3 Å². The zero-order chi connectivity index (χ0) is 9.35. The van der Waals surface area contributed by atoms with E-state index < -0.39 is 0 Å². The van der Waals surface area contributed by atoms with E-state index in [0.717, 1.165) is 16.8 Å². The Labute approximate surface area is 73.0 Å². The Balaban J connectivity index is 2.77. The Bertz CT molecular complexity index is 251. The molecule has 3 nitrogen and oxygen atoms in total. The van der Waals surface area contributed by atoms with Crippen molar-refractivity contribution in [2.45, 2.75) is 34.1 Å². The molecular formula is C9H16N2O. The Kier molecular flexibility index (Phi) is 2.13. The maximum Gasteiger partial charge on any atom is 0.141 e. The predicted octanol–water partition coefficient (Wildman–Crippen LogP) is 2.02. The van der Waals surface area contributed by atoms with Crippen molar-refractivity contribution in [3.8, 4) is 0 Å². The maximum absolute atomic E-state index is 9.19. The van der Waals surface area contributed by atoms with E-state index in [1.54, 1.807) is 13.1 Å². The van der Waals surface area contributed by atoms with Gasteiger partial charge in [-0.25, -0.2) is 4.98 Å². The van der Waals surface area contributed by atoms with Gasteiger partial charge in [-0.05, 0) is 18.8 Å². The van der Waals surface area contributed by atoms with Crippen molar-refractivity contribution >= 4 is 0 Å². The highest BCUT2D eigenvalue weighted by Gasteiger charge is 2.14. The molecule has 1 aromatic rings. The quantitative estimate of drug-likeness (QED) is 0.651. The Hall–Kier alpha value is -0.990. The molecule has 0 amide bonds. The van der Waals surface area contributed by atoms with Crippen LogP contribution in [0.2, 0.25) is 0 Å². The van der Waals surface area contributed by atoms with Crippen LogP contribution < -0.4 is 0 Å². The van der Waals surface area contributed by atoms with Crippen LogP contribution in [0.3, 0.4) is 0 Å². The SMILES string of the molecule is Cc1nc(CC(C)(C)C)cn1O. The van der Waals surface area contributed by atoms with Crippen molar-refractivity contribution in [3.63, 3.8) is 0 Å². The minimum absolute atomic E-state index is 0.223. The zero-order valence-corrected chi connectivity index (χ0v) is 8.13. The second kappa shape index (κ2) is 2.81. The summed E-state index contributed by atoms with van der Waals surface area (Å²) in [6, 6.07) is 0. The van der Waals surface area contributed by atoms with Crippen LogP contribution in [0.25, 0.3) is 0 Å². The van der Waals surface area contributed by atoms with Crippen LogP contribution in [0.5, 0.6) is 0 Å². The second-order valence-electron chi connectivity index (χ2n) is 4.36. The maximum atomic E-state index is 9.19. The minimum atomic E-state index is 0.223. The fourth-order valence-corrected chi connectivity index (χ4v) is 1.15. The molecule has 0 bridgehead atoms. The summed E-state index contributed by atoms with van der Waals surface area (Å²) in [5.74, 6) is 0.647. The molecule has 1 N–H and O–H groups in total. The van der Waals surface area contributed by atoms with Gasteiger partial charge in [0.05, 0.1) is 11.9 Å². The molecule has 0 aromatic carbocycles. The first-order valence-corrected chi connectivity index (χ1v) is 4.12. The van der Waals surface area contributed by atoms with E-state index in [2.05, 4.69) is 25.8 Å². The van der Waals surface area contributed by atoms with Gasteiger partial charge in [0, 0.05) is 0 Å². The van der Waals surface area contributed by atoms with Crippen molar-refractivity contribution in [2.75, 3.05) is 0 Å². The molecule has 3 heteroatoms. The van der Waals surface area contributed by atoms with Crippen LogP contribution in [0.1, 0.15) is 32.3 Å². The number of imidazole rings is 1. The first-order valence-electron chi connectivity index (χ1n) is 4.12. The molecule has 12 heavy (non-hydrogen) atoms. The Morgan fingerprint density at radius 3 is 2.42 bits per heavy atom. The lowest BCUT2D eigenvalue weighted by Crippen LogP contribution is -2.09. The molecule has 0 fully saturated rings. The van der Waals surface area contributed by atoms with Gasteiger partial charge in [0.15, 0.2) is 0 Å². The summed E-state index contributed by atoms with van der Waals surface area (Å²) < 4.78 is 1.07. The van der Waals surface area contributed by atoms with E-state index in [1.807, 2.05) is 0 Å². The summed E-state index contributed by atoms with van der Waals surface area (Å²) in [5.41, 5.74) is 1.17. The lowest BCUT2D eigenvalue weighted by Gasteiger charge is -2.15. The third kappa shape index (κ3) is 2.26. The highest BCUT2D eigenvalue weighted by molar-refractivity contribution is 5.03.